The fraction of sp³-hybridized carbons (Fsp3) is 0.294. The van der Waals surface area contributed by atoms with Gasteiger partial charge in [-0.25, -0.2) is 4.98 Å². The van der Waals surface area contributed by atoms with Crippen LogP contribution >= 0.6 is 11.6 Å². The molecule has 1 amide bonds. The number of nitrogens with zero attached hydrogens (tertiary/aromatic N) is 2. The maximum Gasteiger partial charge on any atom is 0.298 e. The Kier molecular flexibility index (Phi) is 4.79. The predicted molar refractivity (Wildman–Crippen MR) is 92.1 cm³/mol. The van der Waals surface area contributed by atoms with Gasteiger partial charge < -0.3 is 5.32 Å². The van der Waals surface area contributed by atoms with Gasteiger partial charge in [0.25, 0.3) is 11.7 Å². The topological polar surface area (TPSA) is 49.7 Å². The second-order valence-corrected chi connectivity index (χ2v) is 6.12. The molecule has 6 heteroatoms. The number of anilines is 2. The van der Waals surface area contributed by atoms with Crippen molar-refractivity contribution in [3.63, 3.8) is 0 Å². The average Bonchev–Trinajstić information content (AvgIpc) is 2.57. The summed E-state index contributed by atoms with van der Waals surface area (Å²) in [5, 5.41) is 3.60. The SMILES string of the molecule is CN1CCN(c2[nH+]cccc2NC(=O)c2ccc(Cl)cc2)CC1. The molecule has 1 aromatic carbocycles. The number of likely N-dealkylation sites (N-methyl/N-ethyl adjacent to an activating group) is 1. The van der Waals surface area contributed by atoms with Gasteiger partial charge in [0.2, 0.25) is 0 Å². The monoisotopic (exact) mass is 331 g/mol. The Bertz CT molecular complexity index is 681. The van der Waals surface area contributed by atoms with Crippen LogP contribution in [0.1, 0.15) is 10.4 Å². The Morgan fingerprint density at radius 2 is 1.83 bits per heavy atom. The van der Waals surface area contributed by atoms with Gasteiger partial charge in [-0.1, -0.05) is 11.6 Å². The van der Waals surface area contributed by atoms with Gasteiger partial charge in [0, 0.05) is 23.7 Å². The molecule has 23 heavy (non-hydrogen) atoms. The zero-order chi connectivity index (χ0) is 16.2. The fourth-order valence-corrected chi connectivity index (χ4v) is 2.74. The number of hydrogen-bond donors (Lipinski definition) is 1. The molecule has 1 fully saturated rings. The van der Waals surface area contributed by atoms with Gasteiger partial charge >= 0.3 is 0 Å². The number of aromatic nitrogens is 1. The standard InChI is InChI=1S/C17H19ClN4O/c1-21-9-11-22(12-10-21)16-15(3-2-8-19-16)20-17(23)13-4-6-14(18)7-5-13/h2-8H,9-12H2,1H3,(H,20,23)/p+1. The first-order valence-electron chi connectivity index (χ1n) is 7.64. The molecule has 2 aromatic rings. The highest BCUT2D eigenvalue weighted by molar-refractivity contribution is 6.30. The molecule has 0 unspecified atom stereocenters. The molecule has 120 valence electrons. The van der Waals surface area contributed by atoms with Crippen LogP contribution in [-0.4, -0.2) is 44.0 Å². The first-order chi connectivity index (χ1) is 11.1. The van der Waals surface area contributed by atoms with Crippen molar-refractivity contribution in [1.82, 2.24) is 4.90 Å². The first kappa shape index (κ1) is 15.8. The highest BCUT2D eigenvalue weighted by atomic mass is 35.5. The molecule has 2 N–H and O–H groups in total. The molecule has 1 saturated heterocycles. The molecule has 3 rings (SSSR count). The summed E-state index contributed by atoms with van der Waals surface area (Å²) >= 11 is 5.87. The molecule has 0 atom stereocenters. The van der Waals surface area contributed by atoms with Gasteiger partial charge in [-0.15, -0.1) is 0 Å². The number of nitrogens with one attached hydrogen (secondary N) is 2. The van der Waals surface area contributed by atoms with Gasteiger partial charge in [0.05, 0.1) is 19.3 Å². The van der Waals surface area contributed by atoms with Crippen LogP contribution in [0.25, 0.3) is 0 Å². The van der Waals surface area contributed by atoms with E-state index in [0.717, 1.165) is 37.7 Å². The van der Waals surface area contributed by atoms with E-state index in [0.29, 0.717) is 10.6 Å². The molecule has 0 aliphatic carbocycles. The summed E-state index contributed by atoms with van der Waals surface area (Å²) in [6.07, 6.45) is 1.88. The van der Waals surface area contributed by atoms with E-state index in [1.807, 2.05) is 18.3 Å². The number of H-pyrrole nitrogens is 1. The second-order valence-electron chi connectivity index (χ2n) is 5.68. The summed E-state index contributed by atoms with van der Waals surface area (Å²) < 4.78 is 0. The number of carbonyl (C=O) groups excluding carboxylic acids is 1. The Balaban J connectivity index is 1.77. The van der Waals surface area contributed by atoms with Crippen LogP contribution in [0, 0.1) is 0 Å². The van der Waals surface area contributed by atoms with Crippen molar-refractivity contribution in [3.8, 4) is 0 Å². The first-order valence-corrected chi connectivity index (χ1v) is 8.02. The predicted octanol–water partition coefficient (Wildman–Crippen LogP) is 2.16. The lowest BCUT2D eigenvalue weighted by atomic mass is 10.2. The normalized spacial score (nSPS) is 15.5. The number of pyridine rings is 1. The van der Waals surface area contributed by atoms with Gasteiger partial charge in [-0.3, -0.25) is 14.6 Å². The zero-order valence-electron chi connectivity index (χ0n) is 13.1. The van der Waals surface area contributed by atoms with E-state index in [-0.39, 0.29) is 5.91 Å². The number of carbonyl (C=O) groups is 1. The molecule has 0 radical (unpaired) electrons. The number of piperazine rings is 1. The van der Waals surface area contributed by atoms with E-state index in [9.17, 15) is 4.79 Å². The van der Waals surface area contributed by atoms with E-state index in [1.54, 1.807) is 24.3 Å². The van der Waals surface area contributed by atoms with Crippen LogP contribution in [-0.2, 0) is 0 Å². The van der Waals surface area contributed by atoms with E-state index < -0.39 is 0 Å². The second kappa shape index (κ2) is 6.98. The Morgan fingerprint density at radius 1 is 1.13 bits per heavy atom. The molecule has 1 aliphatic heterocycles. The van der Waals surface area contributed by atoms with E-state index in [2.05, 4.69) is 27.1 Å². The number of benzene rings is 1. The van der Waals surface area contributed by atoms with Gasteiger partial charge in [-0.2, -0.15) is 0 Å². The zero-order valence-corrected chi connectivity index (χ0v) is 13.8. The quantitative estimate of drug-likeness (QED) is 0.937. The summed E-state index contributed by atoms with van der Waals surface area (Å²) in [4.78, 5) is 20.2. The molecule has 2 heterocycles. The van der Waals surface area contributed by atoms with Gasteiger partial charge in [0.1, 0.15) is 5.69 Å². The molecule has 1 aliphatic rings. The lowest BCUT2D eigenvalue weighted by molar-refractivity contribution is -0.363. The average molecular weight is 332 g/mol. The number of halogens is 1. The van der Waals surface area contributed by atoms with Crippen LogP contribution in [0.5, 0.6) is 0 Å². The van der Waals surface area contributed by atoms with E-state index in [1.165, 1.54) is 0 Å². The molecular weight excluding hydrogens is 312 g/mol. The largest absolute Gasteiger partial charge is 0.315 e. The van der Waals surface area contributed by atoms with E-state index >= 15 is 0 Å². The molecule has 0 spiro atoms. The summed E-state index contributed by atoms with van der Waals surface area (Å²) in [6.45, 7) is 3.88. The van der Waals surface area contributed by atoms with Crippen LogP contribution < -0.4 is 15.2 Å². The molecule has 0 bridgehead atoms. The van der Waals surface area contributed by atoms with Crippen molar-refractivity contribution in [3.05, 3.63) is 53.2 Å². The van der Waals surface area contributed by atoms with Gasteiger partial charge in [-0.05, 0) is 43.4 Å². The Morgan fingerprint density at radius 3 is 2.52 bits per heavy atom. The maximum atomic E-state index is 12.4. The van der Waals surface area contributed by atoms with Crippen molar-refractivity contribution in [1.29, 1.82) is 0 Å². The minimum atomic E-state index is -0.142. The summed E-state index contributed by atoms with van der Waals surface area (Å²) in [5.74, 6) is 0.805. The maximum absolute atomic E-state index is 12.4. The molecular formula is C17H20ClN4O+. The van der Waals surface area contributed by atoms with Crippen molar-refractivity contribution in [2.45, 2.75) is 0 Å². The summed E-state index contributed by atoms with van der Waals surface area (Å²) in [5.41, 5.74) is 1.37. The van der Waals surface area contributed by atoms with E-state index in [4.69, 9.17) is 11.6 Å². The van der Waals surface area contributed by atoms with Crippen molar-refractivity contribution >= 4 is 29.0 Å². The molecule has 5 nitrogen and oxygen atoms in total. The third-order valence-electron chi connectivity index (χ3n) is 4.01. The van der Waals surface area contributed by atoms with Crippen LogP contribution in [0.3, 0.4) is 0 Å². The van der Waals surface area contributed by atoms with Crippen molar-refractivity contribution in [2.75, 3.05) is 43.4 Å². The smallest absolute Gasteiger partial charge is 0.298 e. The molecule has 1 aromatic heterocycles. The minimum absolute atomic E-state index is 0.142. The lowest BCUT2D eigenvalue weighted by Gasteiger charge is -2.28. The Hall–Kier alpha value is -2.11. The number of amides is 1. The summed E-state index contributed by atoms with van der Waals surface area (Å²) in [7, 11) is 2.12. The van der Waals surface area contributed by atoms with Crippen LogP contribution in [0.4, 0.5) is 11.5 Å². The number of rotatable bonds is 3. The fourth-order valence-electron chi connectivity index (χ4n) is 2.62. The van der Waals surface area contributed by atoms with Crippen LogP contribution in [0.2, 0.25) is 5.02 Å². The highest BCUT2D eigenvalue weighted by Crippen LogP contribution is 2.22. The number of aromatic amines is 1. The molecule has 0 saturated carbocycles. The van der Waals surface area contributed by atoms with Crippen molar-refractivity contribution < 1.29 is 9.78 Å². The lowest BCUT2D eigenvalue weighted by Crippen LogP contribution is -2.46. The van der Waals surface area contributed by atoms with Crippen molar-refractivity contribution in [2.24, 2.45) is 0 Å². The number of hydrogen-bond acceptors (Lipinski definition) is 3. The highest BCUT2D eigenvalue weighted by Gasteiger charge is 2.25. The minimum Gasteiger partial charge on any atom is -0.315 e. The summed E-state index contributed by atoms with van der Waals surface area (Å²) in [6, 6.07) is 10.7. The van der Waals surface area contributed by atoms with Crippen LogP contribution in [0.15, 0.2) is 42.6 Å². The Labute approximate surface area is 140 Å². The third kappa shape index (κ3) is 3.81. The van der Waals surface area contributed by atoms with Gasteiger partial charge in [0.15, 0.2) is 0 Å². The third-order valence-corrected chi connectivity index (χ3v) is 4.26.